The smallest absolute Gasteiger partial charge is 0.239 e. The van der Waals surface area contributed by atoms with Crippen LogP contribution in [0, 0.1) is 0 Å². The molecule has 2 atom stereocenters. The van der Waals surface area contributed by atoms with Crippen molar-refractivity contribution in [2.75, 3.05) is 23.4 Å². The SMILES string of the molecule is NNc1nccc(N2CC(O)C(O)C2)n1. The Kier molecular flexibility index (Phi) is 2.67. The molecule has 2 unspecified atom stereocenters. The van der Waals surface area contributed by atoms with Gasteiger partial charge in [-0.1, -0.05) is 0 Å². The summed E-state index contributed by atoms with van der Waals surface area (Å²) in [6.07, 6.45) is 0.109. The number of rotatable bonds is 2. The number of hydrogen-bond acceptors (Lipinski definition) is 7. The van der Waals surface area contributed by atoms with E-state index in [2.05, 4.69) is 15.4 Å². The van der Waals surface area contributed by atoms with Gasteiger partial charge >= 0.3 is 0 Å². The van der Waals surface area contributed by atoms with Crippen molar-refractivity contribution in [2.24, 2.45) is 5.84 Å². The number of aromatic nitrogens is 2. The summed E-state index contributed by atoms with van der Waals surface area (Å²) in [5.74, 6) is 6.12. The molecular weight excluding hydrogens is 198 g/mol. The van der Waals surface area contributed by atoms with Gasteiger partial charge in [0, 0.05) is 19.3 Å². The van der Waals surface area contributed by atoms with E-state index in [0.717, 1.165) is 0 Å². The minimum absolute atomic E-state index is 0.309. The highest BCUT2D eigenvalue weighted by Gasteiger charge is 2.30. The predicted octanol–water partition coefficient (Wildman–Crippen LogP) is -1.70. The highest BCUT2D eigenvalue weighted by molar-refractivity contribution is 5.43. The molecule has 15 heavy (non-hydrogen) atoms. The van der Waals surface area contributed by atoms with Crippen LogP contribution in [-0.4, -0.2) is 45.5 Å². The molecule has 1 aliphatic heterocycles. The molecule has 2 rings (SSSR count). The molecule has 1 fully saturated rings. The average molecular weight is 211 g/mol. The molecule has 0 amide bonds. The van der Waals surface area contributed by atoms with Crippen LogP contribution >= 0.6 is 0 Å². The number of nitrogens with zero attached hydrogens (tertiary/aromatic N) is 3. The average Bonchev–Trinajstić information content (AvgIpc) is 2.59. The summed E-state index contributed by atoms with van der Waals surface area (Å²) >= 11 is 0. The van der Waals surface area contributed by atoms with Crippen molar-refractivity contribution in [2.45, 2.75) is 12.2 Å². The number of hydrazine groups is 1. The van der Waals surface area contributed by atoms with Gasteiger partial charge in [0.05, 0.1) is 12.2 Å². The van der Waals surface area contributed by atoms with E-state index < -0.39 is 12.2 Å². The number of nitrogen functional groups attached to an aromatic ring is 1. The van der Waals surface area contributed by atoms with Crippen molar-refractivity contribution >= 4 is 11.8 Å². The highest BCUT2D eigenvalue weighted by Crippen LogP contribution is 2.18. The van der Waals surface area contributed by atoms with Gasteiger partial charge in [-0.05, 0) is 6.07 Å². The maximum Gasteiger partial charge on any atom is 0.239 e. The number of aliphatic hydroxyl groups excluding tert-OH is 2. The second kappa shape index (κ2) is 3.97. The van der Waals surface area contributed by atoms with Crippen LogP contribution in [0.15, 0.2) is 12.3 Å². The summed E-state index contributed by atoms with van der Waals surface area (Å²) in [5.41, 5.74) is 2.34. The predicted molar refractivity (Wildman–Crippen MR) is 54.1 cm³/mol. The Morgan fingerprint density at radius 2 is 2.07 bits per heavy atom. The third kappa shape index (κ3) is 1.99. The summed E-state index contributed by atoms with van der Waals surface area (Å²) in [6.45, 7) is 0.727. The topological polar surface area (TPSA) is 108 Å². The molecule has 7 heteroatoms. The van der Waals surface area contributed by atoms with Gasteiger partial charge in [0.2, 0.25) is 5.95 Å². The first-order chi connectivity index (χ1) is 7.20. The van der Waals surface area contributed by atoms with Crippen LogP contribution in [0.5, 0.6) is 0 Å². The first-order valence-electron chi connectivity index (χ1n) is 4.61. The Balaban J connectivity index is 2.16. The molecule has 0 saturated carbocycles. The van der Waals surface area contributed by atoms with E-state index >= 15 is 0 Å². The summed E-state index contributed by atoms with van der Waals surface area (Å²) in [6, 6.07) is 1.70. The lowest BCUT2D eigenvalue weighted by Gasteiger charge is -2.16. The third-order valence-corrected chi connectivity index (χ3v) is 2.35. The van der Waals surface area contributed by atoms with Crippen LogP contribution in [0.3, 0.4) is 0 Å². The molecule has 7 nitrogen and oxygen atoms in total. The molecule has 2 heterocycles. The molecule has 0 aliphatic carbocycles. The first kappa shape index (κ1) is 10.1. The summed E-state index contributed by atoms with van der Waals surface area (Å²) in [7, 11) is 0. The molecule has 1 aliphatic rings. The zero-order chi connectivity index (χ0) is 10.8. The molecule has 1 aromatic heterocycles. The lowest BCUT2D eigenvalue weighted by Crippen LogP contribution is -2.23. The number of aliphatic hydroxyl groups is 2. The Morgan fingerprint density at radius 3 is 2.67 bits per heavy atom. The van der Waals surface area contributed by atoms with E-state index in [9.17, 15) is 10.2 Å². The van der Waals surface area contributed by atoms with Crippen LogP contribution in [0.2, 0.25) is 0 Å². The molecule has 82 valence electrons. The molecule has 0 bridgehead atoms. The molecule has 1 aromatic rings. The Hall–Kier alpha value is -1.44. The summed E-state index contributed by atoms with van der Waals surface area (Å²) in [5, 5.41) is 18.8. The van der Waals surface area contributed by atoms with Crippen molar-refractivity contribution in [3.05, 3.63) is 12.3 Å². The van der Waals surface area contributed by atoms with Crippen molar-refractivity contribution in [3.63, 3.8) is 0 Å². The lowest BCUT2D eigenvalue weighted by atomic mass is 10.3. The van der Waals surface area contributed by atoms with E-state index in [1.165, 1.54) is 0 Å². The maximum absolute atomic E-state index is 9.38. The van der Waals surface area contributed by atoms with Gasteiger partial charge in [-0.3, -0.25) is 5.43 Å². The highest BCUT2D eigenvalue weighted by atomic mass is 16.3. The molecule has 5 N–H and O–H groups in total. The third-order valence-electron chi connectivity index (χ3n) is 2.35. The van der Waals surface area contributed by atoms with Crippen LogP contribution in [0.4, 0.5) is 11.8 Å². The van der Waals surface area contributed by atoms with Crippen LogP contribution < -0.4 is 16.2 Å². The number of nitrogens with two attached hydrogens (primary N) is 1. The standard InChI is InChI=1S/C8H13N5O2/c9-12-8-10-2-1-7(11-8)13-3-5(14)6(15)4-13/h1-2,5-6,14-15H,3-4,9H2,(H,10,11,12). The molecule has 0 spiro atoms. The lowest BCUT2D eigenvalue weighted by molar-refractivity contribution is 0.0572. The van der Waals surface area contributed by atoms with E-state index in [1.54, 1.807) is 17.2 Å². The van der Waals surface area contributed by atoms with Crippen molar-refractivity contribution < 1.29 is 10.2 Å². The molecule has 0 aromatic carbocycles. The minimum Gasteiger partial charge on any atom is -0.389 e. The molecule has 1 saturated heterocycles. The van der Waals surface area contributed by atoms with Gasteiger partial charge < -0.3 is 15.1 Å². The van der Waals surface area contributed by atoms with Gasteiger partial charge in [0.15, 0.2) is 0 Å². The maximum atomic E-state index is 9.38. The van der Waals surface area contributed by atoms with Gasteiger partial charge in [0.25, 0.3) is 0 Å². The van der Waals surface area contributed by atoms with Gasteiger partial charge in [-0.15, -0.1) is 0 Å². The number of hydrogen-bond donors (Lipinski definition) is 4. The number of nitrogens with one attached hydrogen (secondary N) is 1. The van der Waals surface area contributed by atoms with Gasteiger partial charge in [-0.2, -0.15) is 4.98 Å². The Labute approximate surface area is 86.5 Å². The second-order valence-corrected chi connectivity index (χ2v) is 3.42. The molecule has 0 radical (unpaired) electrons. The second-order valence-electron chi connectivity index (χ2n) is 3.42. The first-order valence-corrected chi connectivity index (χ1v) is 4.61. The quantitative estimate of drug-likeness (QED) is 0.341. The summed E-state index contributed by atoms with van der Waals surface area (Å²) in [4.78, 5) is 9.74. The zero-order valence-electron chi connectivity index (χ0n) is 8.04. The largest absolute Gasteiger partial charge is 0.389 e. The van der Waals surface area contributed by atoms with Crippen molar-refractivity contribution in [3.8, 4) is 0 Å². The fourth-order valence-electron chi connectivity index (χ4n) is 1.55. The fourth-order valence-corrected chi connectivity index (χ4v) is 1.55. The number of anilines is 2. The minimum atomic E-state index is -0.728. The van der Waals surface area contributed by atoms with Crippen LogP contribution in [0.25, 0.3) is 0 Å². The normalized spacial score (nSPS) is 25.7. The zero-order valence-corrected chi connectivity index (χ0v) is 8.04. The van der Waals surface area contributed by atoms with E-state index in [-0.39, 0.29) is 0 Å². The van der Waals surface area contributed by atoms with Crippen LogP contribution in [0.1, 0.15) is 0 Å². The fraction of sp³-hybridized carbons (Fsp3) is 0.500. The molecular formula is C8H13N5O2. The monoisotopic (exact) mass is 211 g/mol. The number of β-amino-alcohol motifs (C(OH)–C–C–N with tert-alkyl or cyclic N) is 2. The van der Waals surface area contributed by atoms with E-state index in [4.69, 9.17) is 5.84 Å². The summed E-state index contributed by atoms with van der Waals surface area (Å²) < 4.78 is 0. The van der Waals surface area contributed by atoms with E-state index in [1.807, 2.05) is 0 Å². The van der Waals surface area contributed by atoms with Gasteiger partial charge in [0.1, 0.15) is 5.82 Å². The van der Waals surface area contributed by atoms with Gasteiger partial charge in [-0.25, -0.2) is 10.8 Å². The Bertz CT molecular complexity index is 338. The van der Waals surface area contributed by atoms with Crippen LogP contribution in [-0.2, 0) is 0 Å². The van der Waals surface area contributed by atoms with Crippen molar-refractivity contribution in [1.29, 1.82) is 0 Å². The Morgan fingerprint density at radius 1 is 1.40 bits per heavy atom. The van der Waals surface area contributed by atoms with E-state index in [0.29, 0.717) is 24.9 Å². The van der Waals surface area contributed by atoms with Crippen molar-refractivity contribution in [1.82, 2.24) is 9.97 Å².